The Hall–Kier alpha value is -0.610. The van der Waals surface area contributed by atoms with Crippen LogP contribution in [0.3, 0.4) is 0 Å². The van der Waals surface area contributed by atoms with E-state index in [9.17, 15) is 4.79 Å². The summed E-state index contributed by atoms with van der Waals surface area (Å²) in [6.45, 7) is 3.87. The molecule has 1 heterocycles. The number of nitrogens with zero attached hydrogens (tertiary/aromatic N) is 1. The summed E-state index contributed by atoms with van der Waals surface area (Å²) in [5.74, 6) is -0.230. The minimum Gasteiger partial charge on any atom is -0.368 e. The predicted octanol–water partition coefficient (Wildman–Crippen LogP) is -0.149. The minimum atomic E-state index is -0.230. The van der Waals surface area contributed by atoms with E-state index >= 15 is 0 Å². The number of carbonyl (C=O) groups excluding carboxylic acids is 1. The van der Waals surface area contributed by atoms with Gasteiger partial charge in [-0.1, -0.05) is 6.92 Å². The Morgan fingerprint density at radius 3 is 2.83 bits per heavy atom. The van der Waals surface area contributed by atoms with Gasteiger partial charge in [0.2, 0.25) is 5.91 Å². The largest absolute Gasteiger partial charge is 0.368 e. The highest BCUT2D eigenvalue weighted by Gasteiger charge is 2.22. The molecule has 1 fully saturated rings. The Labute approximate surface area is 73.1 Å². The SMILES string of the molecule is CCC(C(N)=O)N1CCCCN1. The zero-order chi connectivity index (χ0) is 8.97. The highest BCUT2D eigenvalue weighted by Crippen LogP contribution is 2.06. The first-order valence-corrected chi connectivity index (χ1v) is 4.55. The second-order valence-corrected chi connectivity index (χ2v) is 3.14. The third kappa shape index (κ3) is 2.19. The molecule has 1 amide bonds. The zero-order valence-corrected chi connectivity index (χ0v) is 7.55. The summed E-state index contributed by atoms with van der Waals surface area (Å²) in [5, 5.41) is 1.96. The third-order valence-corrected chi connectivity index (χ3v) is 2.23. The van der Waals surface area contributed by atoms with Crippen LogP contribution < -0.4 is 11.2 Å². The second-order valence-electron chi connectivity index (χ2n) is 3.14. The Morgan fingerprint density at radius 2 is 2.42 bits per heavy atom. The molecule has 70 valence electrons. The fourth-order valence-electron chi connectivity index (χ4n) is 1.55. The van der Waals surface area contributed by atoms with Gasteiger partial charge in [-0.2, -0.15) is 0 Å². The number of nitrogens with two attached hydrogens (primary N) is 1. The molecule has 1 aliphatic rings. The summed E-state index contributed by atoms with van der Waals surface area (Å²) >= 11 is 0. The van der Waals surface area contributed by atoms with Crippen molar-refractivity contribution in [2.75, 3.05) is 13.1 Å². The molecular formula is C8H17N3O. The topological polar surface area (TPSA) is 58.4 Å². The molecule has 0 aromatic rings. The van der Waals surface area contributed by atoms with Gasteiger partial charge in [0, 0.05) is 13.1 Å². The lowest BCUT2D eigenvalue weighted by molar-refractivity contribution is -0.125. The molecule has 4 nitrogen and oxygen atoms in total. The van der Waals surface area contributed by atoms with Crippen molar-refractivity contribution in [3.63, 3.8) is 0 Å². The van der Waals surface area contributed by atoms with Crippen molar-refractivity contribution in [3.05, 3.63) is 0 Å². The molecule has 12 heavy (non-hydrogen) atoms. The lowest BCUT2D eigenvalue weighted by Gasteiger charge is -2.32. The van der Waals surface area contributed by atoms with Gasteiger partial charge < -0.3 is 5.73 Å². The third-order valence-electron chi connectivity index (χ3n) is 2.23. The summed E-state index contributed by atoms with van der Waals surface area (Å²) in [5.41, 5.74) is 8.44. The molecule has 0 radical (unpaired) electrons. The van der Waals surface area contributed by atoms with Gasteiger partial charge in [-0.15, -0.1) is 0 Å². The maximum atomic E-state index is 11.0. The molecule has 0 spiro atoms. The van der Waals surface area contributed by atoms with Gasteiger partial charge in [0.15, 0.2) is 0 Å². The Bertz CT molecular complexity index is 154. The van der Waals surface area contributed by atoms with Crippen molar-refractivity contribution >= 4 is 5.91 Å². The lowest BCUT2D eigenvalue weighted by atomic mass is 10.1. The first-order valence-electron chi connectivity index (χ1n) is 4.55. The van der Waals surface area contributed by atoms with Crippen LogP contribution in [0.1, 0.15) is 26.2 Å². The summed E-state index contributed by atoms with van der Waals surface area (Å²) in [6, 6.07) is -0.134. The van der Waals surface area contributed by atoms with E-state index in [1.807, 2.05) is 11.9 Å². The van der Waals surface area contributed by atoms with Gasteiger partial charge in [-0.25, -0.2) is 5.01 Å². The first-order chi connectivity index (χ1) is 5.75. The highest BCUT2D eigenvalue weighted by molar-refractivity contribution is 5.79. The summed E-state index contributed by atoms with van der Waals surface area (Å²) in [7, 11) is 0. The quantitative estimate of drug-likeness (QED) is 0.621. The molecule has 1 rings (SSSR count). The van der Waals surface area contributed by atoms with Crippen molar-refractivity contribution in [1.29, 1.82) is 0 Å². The standard InChI is InChI=1S/C8H17N3O/c1-2-7(8(9)12)11-6-4-3-5-10-11/h7,10H,2-6H2,1H3,(H2,9,12). The number of carbonyl (C=O) groups is 1. The van der Waals surface area contributed by atoms with Gasteiger partial charge in [0.1, 0.15) is 6.04 Å². The van der Waals surface area contributed by atoms with Crippen LogP contribution in [-0.2, 0) is 4.79 Å². The van der Waals surface area contributed by atoms with Crippen molar-refractivity contribution in [3.8, 4) is 0 Å². The van der Waals surface area contributed by atoms with Gasteiger partial charge >= 0.3 is 0 Å². The zero-order valence-electron chi connectivity index (χ0n) is 7.55. The van der Waals surface area contributed by atoms with Crippen LogP contribution in [0, 0.1) is 0 Å². The predicted molar refractivity (Wildman–Crippen MR) is 47.2 cm³/mol. The minimum absolute atomic E-state index is 0.134. The van der Waals surface area contributed by atoms with Crippen LogP contribution >= 0.6 is 0 Å². The molecule has 0 aliphatic carbocycles. The average Bonchev–Trinajstić information content (AvgIpc) is 2.07. The molecule has 0 bridgehead atoms. The number of nitrogens with one attached hydrogen (secondary N) is 1. The van der Waals surface area contributed by atoms with Crippen molar-refractivity contribution in [2.24, 2.45) is 5.73 Å². The number of hydrogen-bond donors (Lipinski definition) is 2. The molecule has 4 heteroatoms. The molecule has 0 saturated carbocycles. The molecule has 0 aromatic heterocycles. The fourth-order valence-corrected chi connectivity index (χ4v) is 1.55. The molecule has 0 aromatic carbocycles. The smallest absolute Gasteiger partial charge is 0.236 e. The molecule has 3 N–H and O–H groups in total. The highest BCUT2D eigenvalue weighted by atomic mass is 16.1. The van der Waals surface area contributed by atoms with E-state index in [0.29, 0.717) is 0 Å². The number of rotatable bonds is 3. The first kappa shape index (κ1) is 9.48. The Morgan fingerprint density at radius 1 is 1.67 bits per heavy atom. The van der Waals surface area contributed by atoms with E-state index < -0.39 is 0 Å². The van der Waals surface area contributed by atoms with E-state index in [0.717, 1.165) is 25.9 Å². The maximum Gasteiger partial charge on any atom is 0.236 e. The van der Waals surface area contributed by atoms with Crippen LogP contribution in [0.5, 0.6) is 0 Å². The lowest BCUT2D eigenvalue weighted by Crippen LogP contribution is -2.54. The van der Waals surface area contributed by atoms with Gasteiger partial charge in [-0.05, 0) is 19.3 Å². The molecular weight excluding hydrogens is 154 g/mol. The summed E-state index contributed by atoms with van der Waals surface area (Å²) < 4.78 is 0. The van der Waals surface area contributed by atoms with E-state index in [1.165, 1.54) is 6.42 Å². The van der Waals surface area contributed by atoms with Crippen molar-refractivity contribution in [2.45, 2.75) is 32.2 Å². The van der Waals surface area contributed by atoms with Crippen LogP contribution in [0.2, 0.25) is 0 Å². The average molecular weight is 171 g/mol. The van der Waals surface area contributed by atoms with Crippen LogP contribution in [0.15, 0.2) is 0 Å². The second kappa shape index (κ2) is 4.42. The monoisotopic (exact) mass is 171 g/mol. The van der Waals surface area contributed by atoms with Crippen LogP contribution in [0.4, 0.5) is 0 Å². The van der Waals surface area contributed by atoms with E-state index in [2.05, 4.69) is 5.43 Å². The van der Waals surface area contributed by atoms with Crippen LogP contribution in [0.25, 0.3) is 0 Å². The summed E-state index contributed by atoms with van der Waals surface area (Å²) in [4.78, 5) is 11.0. The van der Waals surface area contributed by atoms with Crippen molar-refractivity contribution in [1.82, 2.24) is 10.4 Å². The van der Waals surface area contributed by atoms with Crippen molar-refractivity contribution < 1.29 is 4.79 Å². The maximum absolute atomic E-state index is 11.0. The fraction of sp³-hybridized carbons (Fsp3) is 0.875. The number of amides is 1. The van der Waals surface area contributed by atoms with Gasteiger partial charge in [0.25, 0.3) is 0 Å². The van der Waals surface area contributed by atoms with Crippen LogP contribution in [-0.4, -0.2) is 30.0 Å². The summed E-state index contributed by atoms with van der Waals surface area (Å²) in [6.07, 6.45) is 3.12. The molecule has 1 atom stereocenters. The molecule has 1 saturated heterocycles. The van der Waals surface area contributed by atoms with Gasteiger partial charge in [-0.3, -0.25) is 10.2 Å². The Kier molecular flexibility index (Phi) is 3.49. The van der Waals surface area contributed by atoms with E-state index in [4.69, 9.17) is 5.73 Å². The number of hydrogen-bond acceptors (Lipinski definition) is 3. The number of primary amides is 1. The number of hydrazine groups is 1. The molecule has 1 aliphatic heterocycles. The normalized spacial score (nSPS) is 22.1. The molecule has 1 unspecified atom stereocenters. The van der Waals surface area contributed by atoms with Gasteiger partial charge in [0.05, 0.1) is 0 Å². The van der Waals surface area contributed by atoms with E-state index in [1.54, 1.807) is 0 Å². The Balaban J connectivity index is 2.46. The van der Waals surface area contributed by atoms with E-state index in [-0.39, 0.29) is 11.9 Å².